The average Bonchev–Trinajstić information content (AvgIpc) is 2.82. The Bertz CT molecular complexity index is 409. The van der Waals surface area contributed by atoms with Crippen molar-refractivity contribution in [2.75, 3.05) is 6.54 Å². The van der Waals surface area contributed by atoms with Crippen molar-refractivity contribution in [1.82, 2.24) is 15.1 Å². The zero-order valence-corrected chi connectivity index (χ0v) is 15.0. The van der Waals surface area contributed by atoms with Gasteiger partial charge < -0.3 is 5.32 Å². The molecule has 0 aliphatic rings. The molecule has 0 bridgehead atoms. The highest BCUT2D eigenvalue weighted by molar-refractivity contribution is 5.30. The van der Waals surface area contributed by atoms with Gasteiger partial charge in [0, 0.05) is 23.8 Å². The molecular formula is C18H35N3. The lowest BCUT2D eigenvalue weighted by atomic mass is 10.0. The van der Waals surface area contributed by atoms with Crippen LogP contribution >= 0.6 is 0 Å². The van der Waals surface area contributed by atoms with Crippen molar-refractivity contribution in [1.29, 1.82) is 0 Å². The zero-order chi connectivity index (χ0) is 15.8. The topological polar surface area (TPSA) is 29.9 Å². The molecule has 0 aliphatic carbocycles. The SMILES string of the molecule is CCCNC(C)c1c(CC)nn(CC(C)CCC)c1CC. The predicted octanol–water partition coefficient (Wildman–Crippen LogP) is 4.50. The lowest BCUT2D eigenvalue weighted by Crippen LogP contribution is -2.21. The molecule has 0 radical (unpaired) electrons. The van der Waals surface area contributed by atoms with Crippen molar-refractivity contribution in [3.05, 3.63) is 17.0 Å². The third-order valence-corrected chi connectivity index (χ3v) is 4.24. The first-order chi connectivity index (χ1) is 10.1. The molecule has 1 aromatic heterocycles. The van der Waals surface area contributed by atoms with Gasteiger partial charge in [-0.2, -0.15) is 5.10 Å². The van der Waals surface area contributed by atoms with E-state index in [0.717, 1.165) is 25.9 Å². The van der Waals surface area contributed by atoms with Gasteiger partial charge >= 0.3 is 0 Å². The third-order valence-electron chi connectivity index (χ3n) is 4.24. The van der Waals surface area contributed by atoms with Crippen LogP contribution < -0.4 is 5.32 Å². The average molecular weight is 293 g/mol. The Morgan fingerprint density at radius 3 is 2.29 bits per heavy atom. The van der Waals surface area contributed by atoms with E-state index < -0.39 is 0 Å². The molecule has 1 aromatic rings. The van der Waals surface area contributed by atoms with Crippen LogP contribution in [0.5, 0.6) is 0 Å². The summed E-state index contributed by atoms with van der Waals surface area (Å²) in [5.74, 6) is 0.705. The highest BCUT2D eigenvalue weighted by Gasteiger charge is 2.20. The maximum absolute atomic E-state index is 4.93. The van der Waals surface area contributed by atoms with Crippen LogP contribution in [-0.4, -0.2) is 16.3 Å². The monoisotopic (exact) mass is 293 g/mol. The summed E-state index contributed by atoms with van der Waals surface area (Å²) < 4.78 is 2.29. The van der Waals surface area contributed by atoms with Gasteiger partial charge in [0.2, 0.25) is 0 Å². The van der Waals surface area contributed by atoms with Gasteiger partial charge in [-0.05, 0) is 45.1 Å². The fourth-order valence-electron chi connectivity index (χ4n) is 3.19. The molecule has 1 N–H and O–H groups in total. The minimum Gasteiger partial charge on any atom is -0.310 e. The molecule has 1 rings (SSSR count). The second-order valence-electron chi connectivity index (χ2n) is 6.27. The standard InChI is InChI=1S/C18H35N3/c1-7-11-14(5)13-21-17(10-4)18(16(9-3)20-21)15(6)19-12-8-2/h14-15,19H,7-13H2,1-6H3. The minimum absolute atomic E-state index is 0.407. The third kappa shape index (κ3) is 4.84. The van der Waals surface area contributed by atoms with Gasteiger partial charge in [0.05, 0.1) is 5.69 Å². The van der Waals surface area contributed by atoms with E-state index in [4.69, 9.17) is 5.10 Å². The van der Waals surface area contributed by atoms with Crippen LogP contribution in [-0.2, 0) is 19.4 Å². The Labute approximate surface area is 131 Å². The summed E-state index contributed by atoms with van der Waals surface area (Å²) >= 11 is 0. The molecule has 0 saturated heterocycles. The Morgan fingerprint density at radius 1 is 1.05 bits per heavy atom. The number of nitrogens with one attached hydrogen (secondary N) is 1. The Kier molecular flexibility index (Phi) is 8.02. The van der Waals surface area contributed by atoms with Crippen LogP contribution in [0.2, 0.25) is 0 Å². The molecule has 3 heteroatoms. The number of aromatic nitrogens is 2. The molecule has 0 saturated carbocycles. The summed E-state index contributed by atoms with van der Waals surface area (Å²) in [5, 5.41) is 8.56. The van der Waals surface area contributed by atoms with Gasteiger partial charge in [-0.15, -0.1) is 0 Å². The summed E-state index contributed by atoms with van der Waals surface area (Å²) in [7, 11) is 0. The van der Waals surface area contributed by atoms with E-state index in [0.29, 0.717) is 12.0 Å². The Hall–Kier alpha value is -0.830. The number of rotatable bonds is 10. The zero-order valence-electron chi connectivity index (χ0n) is 15.0. The van der Waals surface area contributed by atoms with Gasteiger partial charge in [0.1, 0.15) is 0 Å². The molecule has 0 aromatic carbocycles. The molecular weight excluding hydrogens is 258 g/mol. The van der Waals surface area contributed by atoms with Gasteiger partial charge in [0.15, 0.2) is 0 Å². The molecule has 3 nitrogen and oxygen atoms in total. The molecule has 0 fully saturated rings. The van der Waals surface area contributed by atoms with Crippen LogP contribution in [0.3, 0.4) is 0 Å². The smallest absolute Gasteiger partial charge is 0.0672 e. The van der Waals surface area contributed by atoms with Gasteiger partial charge in [-0.1, -0.05) is 41.0 Å². The first-order valence-corrected chi connectivity index (χ1v) is 8.90. The quantitative estimate of drug-likeness (QED) is 0.688. The first-order valence-electron chi connectivity index (χ1n) is 8.90. The van der Waals surface area contributed by atoms with Crippen LogP contribution in [0.4, 0.5) is 0 Å². The van der Waals surface area contributed by atoms with Gasteiger partial charge in [0.25, 0.3) is 0 Å². The molecule has 1 heterocycles. The predicted molar refractivity (Wildman–Crippen MR) is 91.8 cm³/mol. The maximum Gasteiger partial charge on any atom is 0.0672 e. The summed E-state index contributed by atoms with van der Waals surface area (Å²) in [6.45, 7) is 15.7. The number of hydrogen-bond donors (Lipinski definition) is 1. The fourth-order valence-corrected chi connectivity index (χ4v) is 3.19. The van der Waals surface area contributed by atoms with Gasteiger partial charge in [-0.3, -0.25) is 4.68 Å². The molecule has 0 aliphatic heterocycles. The highest BCUT2D eigenvalue weighted by atomic mass is 15.3. The minimum atomic E-state index is 0.407. The number of aryl methyl sites for hydroxylation is 1. The van der Waals surface area contributed by atoms with Crippen LogP contribution in [0.15, 0.2) is 0 Å². The maximum atomic E-state index is 4.93. The van der Waals surface area contributed by atoms with Crippen molar-refractivity contribution in [3.8, 4) is 0 Å². The molecule has 21 heavy (non-hydrogen) atoms. The van der Waals surface area contributed by atoms with Crippen molar-refractivity contribution in [3.63, 3.8) is 0 Å². The van der Waals surface area contributed by atoms with Crippen molar-refractivity contribution in [2.24, 2.45) is 5.92 Å². The van der Waals surface area contributed by atoms with E-state index in [2.05, 4.69) is 51.5 Å². The lowest BCUT2D eigenvalue weighted by Gasteiger charge is -2.17. The second-order valence-corrected chi connectivity index (χ2v) is 6.27. The number of nitrogens with zero attached hydrogens (tertiary/aromatic N) is 2. The fraction of sp³-hybridized carbons (Fsp3) is 0.833. The van der Waals surface area contributed by atoms with Crippen LogP contribution in [0.1, 0.15) is 83.8 Å². The molecule has 122 valence electrons. The summed E-state index contributed by atoms with van der Waals surface area (Å²) in [4.78, 5) is 0. The van der Waals surface area contributed by atoms with E-state index in [1.165, 1.54) is 36.2 Å². The van der Waals surface area contributed by atoms with E-state index in [-0.39, 0.29) is 0 Å². The second kappa shape index (κ2) is 9.24. The van der Waals surface area contributed by atoms with Crippen LogP contribution in [0.25, 0.3) is 0 Å². The highest BCUT2D eigenvalue weighted by Crippen LogP contribution is 2.25. The normalized spacial score (nSPS) is 14.4. The molecule has 0 amide bonds. The van der Waals surface area contributed by atoms with Gasteiger partial charge in [-0.25, -0.2) is 0 Å². The largest absolute Gasteiger partial charge is 0.310 e. The summed E-state index contributed by atoms with van der Waals surface area (Å²) in [5.41, 5.74) is 4.18. The number of hydrogen-bond acceptors (Lipinski definition) is 2. The Morgan fingerprint density at radius 2 is 1.76 bits per heavy atom. The molecule has 2 atom stereocenters. The van der Waals surface area contributed by atoms with Crippen molar-refractivity contribution < 1.29 is 0 Å². The molecule has 0 spiro atoms. The van der Waals surface area contributed by atoms with E-state index >= 15 is 0 Å². The summed E-state index contributed by atoms with van der Waals surface area (Å²) in [6, 6.07) is 0.407. The summed E-state index contributed by atoms with van der Waals surface area (Å²) in [6.07, 6.45) is 5.80. The van der Waals surface area contributed by atoms with E-state index in [9.17, 15) is 0 Å². The lowest BCUT2D eigenvalue weighted by molar-refractivity contribution is 0.410. The molecule has 2 unspecified atom stereocenters. The van der Waals surface area contributed by atoms with Crippen LogP contribution in [0, 0.1) is 5.92 Å². The first kappa shape index (κ1) is 18.2. The van der Waals surface area contributed by atoms with E-state index in [1.807, 2.05) is 0 Å². The van der Waals surface area contributed by atoms with Crippen molar-refractivity contribution >= 4 is 0 Å². The van der Waals surface area contributed by atoms with Crippen molar-refractivity contribution in [2.45, 2.75) is 86.2 Å². The van der Waals surface area contributed by atoms with E-state index in [1.54, 1.807) is 0 Å². The Balaban J connectivity index is 3.02.